The van der Waals surface area contributed by atoms with Crippen molar-refractivity contribution >= 4 is 32.3 Å². The number of benzene rings is 1. The van der Waals surface area contributed by atoms with Crippen LogP contribution >= 0.6 is 11.3 Å². The minimum atomic E-state index is -3.37. The van der Waals surface area contributed by atoms with Crippen LogP contribution in [0.2, 0.25) is 0 Å². The molecule has 2 aromatic heterocycles. The number of aromatic nitrogens is 1. The molecule has 20 heavy (non-hydrogen) atoms. The van der Waals surface area contributed by atoms with Crippen molar-refractivity contribution in [3.8, 4) is 0 Å². The third kappa shape index (κ3) is 2.63. The van der Waals surface area contributed by atoms with Crippen molar-refractivity contribution < 1.29 is 8.42 Å². The van der Waals surface area contributed by atoms with Crippen molar-refractivity contribution in [3.05, 3.63) is 53.5 Å². The van der Waals surface area contributed by atoms with E-state index in [1.165, 1.54) is 11.3 Å². The van der Waals surface area contributed by atoms with E-state index < -0.39 is 10.0 Å². The lowest BCUT2D eigenvalue weighted by molar-refractivity contribution is 0.584. The van der Waals surface area contributed by atoms with Crippen LogP contribution < -0.4 is 4.72 Å². The van der Waals surface area contributed by atoms with Gasteiger partial charge in [-0.15, -0.1) is 11.3 Å². The van der Waals surface area contributed by atoms with Gasteiger partial charge in [0.2, 0.25) is 10.0 Å². The van der Waals surface area contributed by atoms with E-state index in [0.717, 1.165) is 16.5 Å². The Bertz CT molecular complexity index is 805. The van der Waals surface area contributed by atoms with Gasteiger partial charge in [-0.05, 0) is 29.5 Å². The summed E-state index contributed by atoms with van der Waals surface area (Å²) < 4.78 is 26.9. The van der Waals surface area contributed by atoms with Crippen LogP contribution in [-0.2, 0) is 16.4 Å². The number of H-pyrrole nitrogens is 1. The second-order valence-electron chi connectivity index (χ2n) is 4.44. The Kier molecular flexibility index (Phi) is 3.60. The Hall–Kier alpha value is -1.63. The number of hydrogen-bond acceptors (Lipinski definition) is 3. The predicted molar refractivity (Wildman–Crippen MR) is 81.5 cm³/mol. The summed E-state index contributed by atoms with van der Waals surface area (Å²) in [6.07, 6.45) is 2.60. The first-order valence-corrected chi connectivity index (χ1v) is 8.61. The molecular formula is C14H14N2O2S2. The van der Waals surface area contributed by atoms with Gasteiger partial charge in [-0.3, -0.25) is 0 Å². The van der Waals surface area contributed by atoms with Gasteiger partial charge in [0.05, 0.1) is 0 Å². The van der Waals surface area contributed by atoms with Gasteiger partial charge in [0.25, 0.3) is 0 Å². The molecule has 0 atom stereocenters. The van der Waals surface area contributed by atoms with Gasteiger partial charge >= 0.3 is 0 Å². The standard InChI is InChI=1S/C14H14N2O2S2/c17-20(18,14-6-3-9-19-14)16-8-7-11-10-15-13-5-2-1-4-12(11)13/h1-6,9-10,15-16H,7-8H2. The highest BCUT2D eigenvalue weighted by molar-refractivity contribution is 7.91. The second kappa shape index (κ2) is 5.40. The fourth-order valence-corrected chi connectivity index (χ4v) is 4.22. The molecule has 0 aliphatic heterocycles. The highest BCUT2D eigenvalue weighted by atomic mass is 32.2. The number of aromatic amines is 1. The molecule has 0 aliphatic carbocycles. The summed E-state index contributed by atoms with van der Waals surface area (Å²) in [5.74, 6) is 0. The van der Waals surface area contributed by atoms with Gasteiger partial charge in [-0.1, -0.05) is 24.3 Å². The first-order chi connectivity index (χ1) is 9.67. The molecule has 0 saturated heterocycles. The maximum absolute atomic E-state index is 12.0. The lowest BCUT2D eigenvalue weighted by atomic mass is 10.1. The van der Waals surface area contributed by atoms with Gasteiger partial charge in [0.15, 0.2) is 0 Å². The number of thiophene rings is 1. The number of para-hydroxylation sites is 1. The zero-order valence-electron chi connectivity index (χ0n) is 10.7. The molecule has 3 rings (SSSR count). The van der Waals surface area contributed by atoms with E-state index in [1.54, 1.807) is 17.5 Å². The average molecular weight is 306 g/mol. The molecule has 0 radical (unpaired) electrons. The molecular weight excluding hydrogens is 292 g/mol. The zero-order chi connectivity index (χ0) is 14.0. The van der Waals surface area contributed by atoms with Crippen LogP contribution in [0.5, 0.6) is 0 Å². The molecule has 0 aliphatic rings. The highest BCUT2D eigenvalue weighted by Gasteiger charge is 2.14. The van der Waals surface area contributed by atoms with Crippen LogP contribution in [0.4, 0.5) is 0 Å². The average Bonchev–Trinajstić information content (AvgIpc) is 3.08. The molecule has 0 amide bonds. The van der Waals surface area contributed by atoms with Crippen molar-refractivity contribution in [1.82, 2.24) is 9.71 Å². The topological polar surface area (TPSA) is 62.0 Å². The quantitative estimate of drug-likeness (QED) is 0.761. The molecule has 4 nitrogen and oxygen atoms in total. The van der Waals surface area contributed by atoms with Gasteiger partial charge < -0.3 is 4.98 Å². The molecule has 0 spiro atoms. The van der Waals surface area contributed by atoms with Crippen molar-refractivity contribution in [3.63, 3.8) is 0 Å². The van der Waals surface area contributed by atoms with Crippen LogP contribution in [0.1, 0.15) is 5.56 Å². The Morgan fingerprint density at radius 2 is 2.00 bits per heavy atom. The van der Waals surface area contributed by atoms with E-state index in [4.69, 9.17) is 0 Å². The van der Waals surface area contributed by atoms with E-state index in [9.17, 15) is 8.42 Å². The van der Waals surface area contributed by atoms with E-state index in [0.29, 0.717) is 17.2 Å². The predicted octanol–water partition coefficient (Wildman–Crippen LogP) is 2.75. The normalized spacial score (nSPS) is 12.0. The summed E-state index contributed by atoms with van der Waals surface area (Å²) in [5, 5.41) is 2.90. The van der Waals surface area contributed by atoms with E-state index in [1.807, 2.05) is 30.5 Å². The molecule has 2 heterocycles. The smallest absolute Gasteiger partial charge is 0.250 e. The monoisotopic (exact) mass is 306 g/mol. The largest absolute Gasteiger partial charge is 0.361 e. The molecule has 0 unspecified atom stereocenters. The minimum absolute atomic E-state index is 0.358. The van der Waals surface area contributed by atoms with Crippen LogP contribution in [0.3, 0.4) is 0 Å². The first kappa shape index (κ1) is 13.4. The number of fused-ring (bicyclic) bond motifs is 1. The molecule has 6 heteroatoms. The van der Waals surface area contributed by atoms with Crippen molar-refractivity contribution in [2.45, 2.75) is 10.6 Å². The maximum atomic E-state index is 12.0. The molecule has 0 fully saturated rings. The van der Waals surface area contributed by atoms with Gasteiger partial charge in [-0.25, -0.2) is 13.1 Å². The third-order valence-electron chi connectivity index (χ3n) is 3.12. The fourth-order valence-electron chi connectivity index (χ4n) is 2.15. The summed E-state index contributed by atoms with van der Waals surface area (Å²) >= 11 is 1.22. The number of rotatable bonds is 5. The van der Waals surface area contributed by atoms with Crippen LogP contribution in [0.25, 0.3) is 10.9 Å². The number of hydrogen-bond donors (Lipinski definition) is 2. The van der Waals surface area contributed by atoms with Crippen LogP contribution in [-0.4, -0.2) is 19.9 Å². The molecule has 2 N–H and O–H groups in total. The minimum Gasteiger partial charge on any atom is -0.361 e. The molecule has 3 aromatic rings. The van der Waals surface area contributed by atoms with E-state index in [2.05, 4.69) is 9.71 Å². The molecule has 1 aromatic carbocycles. The highest BCUT2D eigenvalue weighted by Crippen LogP contribution is 2.18. The van der Waals surface area contributed by atoms with Gasteiger partial charge in [0.1, 0.15) is 4.21 Å². The first-order valence-electron chi connectivity index (χ1n) is 6.25. The maximum Gasteiger partial charge on any atom is 0.250 e. The third-order valence-corrected chi connectivity index (χ3v) is 5.98. The number of nitrogens with one attached hydrogen (secondary N) is 2. The summed E-state index contributed by atoms with van der Waals surface area (Å²) in [4.78, 5) is 3.19. The fraction of sp³-hybridized carbons (Fsp3) is 0.143. The Balaban J connectivity index is 1.69. The second-order valence-corrected chi connectivity index (χ2v) is 7.38. The van der Waals surface area contributed by atoms with Crippen LogP contribution in [0.15, 0.2) is 52.2 Å². The summed E-state index contributed by atoms with van der Waals surface area (Å²) in [6.45, 7) is 0.391. The van der Waals surface area contributed by atoms with E-state index >= 15 is 0 Å². The molecule has 0 saturated carbocycles. The summed E-state index contributed by atoms with van der Waals surface area (Å²) in [5.41, 5.74) is 2.19. The van der Waals surface area contributed by atoms with E-state index in [-0.39, 0.29) is 0 Å². The van der Waals surface area contributed by atoms with Gasteiger partial charge in [-0.2, -0.15) is 0 Å². The lowest BCUT2D eigenvalue weighted by Gasteiger charge is -2.04. The summed E-state index contributed by atoms with van der Waals surface area (Å²) in [6, 6.07) is 11.3. The zero-order valence-corrected chi connectivity index (χ0v) is 12.3. The Labute approximate surface area is 121 Å². The molecule has 104 valence electrons. The molecule has 0 bridgehead atoms. The summed E-state index contributed by atoms with van der Waals surface area (Å²) in [7, 11) is -3.37. The van der Waals surface area contributed by atoms with Crippen molar-refractivity contribution in [2.75, 3.05) is 6.54 Å². The lowest BCUT2D eigenvalue weighted by Crippen LogP contribution is -2.25. The Morgan fingerprint density at radius 1 is 1.15 bits per heavy atom. The Morgan fingerprint density at radius 3 is 2.80 bits per heavy atom. The van der Waals surface area contributed by atoms with Crippen LogP contribution in [0, 0.1) is 0 Å². The number of sulfonamides is 1. The van der Waals surface area contributed by atoms with Crippen molar-refractivity contribution in [1.29, 1.82) is 0 Å². The van der Waals surface area contributed by atoms with Gasteiger partial charge in [0, 0.05) is 23.6 Å². The van der Waals surface area contributed by atoms with Crippen molar-refractivity contribution in [2.24, 2.45) is 0 Å². The SMILES string of the molecule is O=S(=O)(NCCc1c[nH]c2ccccc12)c1cccs1.